The number of aromatic nitrogens is 2. The third-order valence-electron chi connectivity index (χ3n) is 5.19. The normalized spacial score (nSPS) is 17.9. The molecule has 0 radical (unpaired) electrons. The fourth-order valence-electron chi connectivity index (χ4n) is 3.82. The fraction of sp³-hybridized carbons (Fsp3) is 0.350. The highest BCUT2D eigenvalue weighted by Crippen LogP contribution is 2.29. The molecule has 1 N–H and O–H groups in total. The minimum absolute atomic E-state index is 0.435. The third-order valence-corrected chi connectivity index (χ3v) is 5.73. The number of pyridine rings is 1. The van der Waals surface area contributed by atoms with Gasteiger partial charge >= 0.3 is 0 Å². The third kappa shape index (κ3) is 3.54. The van der Waals surface area contributed by atoms with Crippen LogP contribution < -0.4 is 4.74 Å². The van der Waals surface area contributed by atoms with E-state index in [0.29, 0.717) is 16.3 Å². The Labute approximate surface area is 163 Å². The van der Waals surface area contributed by atoms with Crippen LogP contribution in [0.4, 0.5) is 0 Å². The molecule has 1 unspecified atom stereocenters. The largest absolute Gasteiger partial charge is 0.497 e. The van der Waals surface area contributed by atoms with E-state index < -0.39 is 0 Å². The van der Waals surface area contributed by atoms with Gasteiger partial charge in [0.15, 0.2) is 0 Å². The molecule has 3 heterocycles. The minimum atomic E-state index is 0.435. The van der Waals surface area contributed by atoms with E-state index in [-0.39, 0.29) is 0 Å². The van der Waals surface area contributed by atoms with E-state index in [9.17, 15) is 0 Å². The van der Waals surface area contributed by atoms with Gasteiger partial charge in [-0.05, 0) is 55.6 Å². The monoisotopic (exact) mass is 389 g/mol. The first-order valence-corrected chi connectivity index (χ1v) is 9.58. The van der Waals surface area contributed by atoms with Crippen LogP contribution in [0.25, 0.3) is 10.9 Å². The van der Waals surface area contributed by atoms with Crippen LogP contribution >= 0.6 is 23.2 Å². The predicted octanol–water partition coefficient (Wildman–Crippen LogP) is 5.09. The first-order valence-electron chi connectivity index (χ1n) is 8.83. The summed E-state index contributed by atoms with van der Waals surface area (Å²) >= 11 is 12.2. The maximum absolute atomic E-state index is 6.27. The summed E-state index contributed by atoms with van der Waals surface area (Å²) in [6, 6.07) is 10.4. The van der Waals surface area contributed by atoms with Crippen LogP contribution in [-0.2, 0) is 13.0 Å². The molecular weight excluding hydrogens is 369 g/mol. The maximum Gasteiger partial charge on any atom is 0.135 e. The lowest BCUT2D eigenvalue weighted by molar-refractivity contribution is 0.244. The van der Waals surface area contributed by atoms with Crippen molar-refractivity contribution in [2.24, 2.45) is 0 Å². The van der Waals surface area contributed by atoms with Gasteiger partial charge in [-0.2, -0.15) is 0 Å². The van der Waals surface area contributed by atoms with E-state index in [2.05, 4.69) is 33.2 Å². The van der Waals surface area contributed by atoms with Crippen molar-refractivity contribution < 1.29 is 4.74 Å². The van der Waals surface area contributed by atoms with Crippen molar-refractivity contribution in [2.45, 2.75) is 31.8 Å². The number of benzene rings is 1. The number of fused-ring (bicyclic) bond motifs is 1. The molecule has 0 aliphatic carbocycles. The Morgan fingerprint density at radius 1 is 1.23 bits per heavy atom. The maximum atomic E-state index is 6.27. The van der Waals surface area contributed by atoms with Crippen molar-refractivity contribution in [1.29, 1.82) is 0 Å². The van der Waals surface area contributed by atoms with Crippen molar-refractivity contribution in [3.05, 3.63) is 58.0 Å². The number of likely N-dealkylation sites (tertiary alicyclic amines) is 1. The number of ether oxygens (including phenoxy) is 1. The highest BCUT2D eigenvalue weighted by molar-refractivity contribution is 6.32. The summed E-state index contributed by atoms with van der Waals surface area (Å²) < 4.78 is 5.38. The molecule has 1 atom stereocenters. The van der Waals surface area contributed by atoms with Crippen LogP contribution in [0.2, 0.25) is 10.3 Å². The van der Waals surface area contributed by atoms with Gasteiger partial charge in [0.25, 0.3) is 0 Å². The SMILES string of the molecule is COc1ccc2[nH]cc(CC3CCCN3Cc3ccc(Cl)nc3Cl)c2c1. The molecule has 6 heteroatoms. The molecule has 0 saturated carbocycles. The van der Waals surface area contributed by atoms with Crippen LogP contribution in [0.1, 0.15) is 24.0 Å². The second-order valence-corrected chi connectivity index (χ2v) is 7.53. The van der Waals surface area contributed by atoms with Gasteiger partial charge in [0.2, 0.25) is 0 Å². The zero-order valence-electron chi connectivity index (χ0n) is 14.6. The van der Waals surface area contributed by atoms with Gasteiger partial charge in [-0.25, -0.2) is 4.98 Å². The summed E-state index contributed by atoms with van der Waals surface area (Å²) in [5.74, 6) is 0.889. The van der Waals surface area contributed by atoms with Gasteiger partial charge in [-0.3, -0.25) is 4.90 Å². The van der Waals surface area contributed by atoms with Crippen LogP contribution in [0, 0.1) is 0 Å². The van der Waals surface area contributed by atoms with Crippen LogP contribution in [-0.4, -0.2) is 34.6 Å². The summed E-state index contributed by atoms with van der Waals surface area (Å²) in [5, 5.41) is 2.17. The number of nitrogens with zero attached hydrogens (tertiary/aromatic N) is 2. The number of methoxy groups -OCH3 is 1. The Morgan fingerprint density at radius 3 is 2.92 bits per heavy atom. The van der Waals surface area contributed by atoms with Gasteiger partial charge in [0, 0.05) is 35.2 Å². The Hall–Kier alpha value is -1.75. The lowest BCUT2D eigenvalue weighted by Gasteiger charge is -2.24. The van der Waals surface area contributed by atoms with E-state index in [1.54, 1.807) is 13.2 Å². The van der Waals surface area contributed by atoms with Gasteiger partial charge in [0.05, 0.1) is 7.11 Å². The Morgan fingerprint density at radius 2 is 2.12 bits per heavy atom. The van der Waals surface area contributed by atoms with Crippen LogP contribution in [0.3, 0.4) is 0 Å². The average molecular weight is 390 g/mol. The molecule has 1 fully saturated rings. The van der Waals surface area contributed by atoms with Crippen molar-refractivity contribution in [3.8, 4) is 5.75 Å². The van der Waals surface area contributed by atoms with Crippen molar-refractivity contribution in [1.82, 2.24) is 14.9 Å². The van der Waals surface area contributed by atoms with Gasteiger partial charge < -0.3 is 9.72 Å². The fourth-order valence-corrected chi connectivity index (χ4v) is 4.22. The highest BCUT2D eigenvalue weighted by Gasteiger charge is 2.26. The van der Waals surface area contributed by atoms with Crippen LogP contribution in [0.15, 0.2) is 36.5 Å². The number of halogens is 2. The average Bonchev–Trinajstić information content (AvgIpc) is 3.24. The molecule has 2 aromatic heterocycles. The Bertz CT molecular complexity index is 925. The number of aromatic amines is 1. The van der Waals surface area contributed by atoms with E-state index in [0.717, 1.165) is 36.3 Å². The molecule has 1 aliphatic heterocycles. The number of H-pyrrole nitrogens is 1. The summed E-state index contributed by atoms with van der Waals surface area (Å²) in [5.41, 5.74) is 3.51. The number of hydrogen-bond donors (Lipinski definition) is 1. The summed E-state index contributed by atoms with van der Waals surface area (Å²) in [6.07, 6.45) is 5.52. The van der Waals surface area contributed by atoms with E-state index in [1.165, 1.54) is 23.8 Å². The zero-order valence-corrected chi connectivity index (χ0v) is 16.1. The molecule has 4 nitrogen and oxygen atoms in total. The first-order chi connectivity index (χ1) is 12.6. The Balaban J connectivity index is 1.54. The van der Waals surface area contributed by atoms with Crippen molar-refractivity contribution in [2.75, 3.05) is 13.7 Å². The molecule has 1 aromatic carbocycles. The van der Waals surface area contributed by atoms with E-state index in [1.807, 2.05) is 12.1 Å². The molecule has 26 heavy (non-hydrogen) atoms. The number of nitrogens with one attached hydrogen (secondary N) is 1. The molecule has 136 valence electrons. The quantitative estimate of drug-likeness (QED) is 0.618. The summed E-state index contributed by atoms with van der Waals surface area (Å²) in [7, 11) is 1.70. The highest BCUT2D eigenvalue weighted by atomic mass is 35.5. The lowest BCUT2D eigenvalue weighted by atomic mass is 10.0. The molecule has 4 rings (SSSR count). The molecule has 0 amide bonds. The minimum Gasteiger partial charge on any atom is -0.497 e. The summed E-state index contributed by atoms with van der Waals surface area (Å²) in [4.78, 5) is 10.0. The number of hydrogen-bond acceptors (Lipinski definition) is 3. The van der Waals surface area contributed by atoms with Gasteiger partial charge in [-0.1, -0.05) is 29.3 Å². The smallest absolute Gasteiger partial charge is 0.135 e. The standard InChI is InChI=1S/C20H21Cl2N3O/c1-26-16-5-6-18-17(10-16)14(11-23-18)9-15-3-2-8-25(15)12-13-4-7-19(21)24-20(13)22/h4-7,10-11,15,23H,2-3,8-9,12H2,1H3. The van der Waals surface area contributed by atoms with Crippen molar-refractivity contribution >= 4 is 34.1 Å². The van der Waals surface area contributed by atoms with Gasteiger partial charge in [-0.15, -0.1) is 0 Å². The van der Waals surface area contributed by atoms with Gasteiger partial charge in [0.1, 0.15) is 16.1 Å². The molecule has 1 aliphatic rings. The predicted molar refractivity (Wildman–Crippen MR) is 106 cm³/mol. The first kappa shape index (κ1) is 17.7. The molecule has 0 bridgehead atoms. The molecule has 1 saturated heterocycles. The Kier molecular flexibility index (Phi) is 5.07. The molecule has 3 aromatic rings. The molecule has 0 spiro atoms. The topological polar surface area (TPSA) is 41.1 Å². The van der Waals surface area contributed by atoms with E-state index >= 15 is 0 Å². The summed E-state index contributed by atoms with van der Waals surface area (Å²) in [6.45, 7) is 1.88. The second-order valence-electron chi connectivity index (χ2n) is 6.78. The zero-order chi connectivity index (χ0) is 18.1. The van der Waals surface area contributed by atoms with Crippen molar-refractivity contribution in [3.63, 3.8) is 0 Å². The lowest BCUT2D eigenvalue weighted by Crippen LogP contribution is -2.30. The second kappa shape index (κ2) is 7.47. The molecular formula is C20H21Cl2N3O. The van der Waals surface area contributed by atoms with E-state index in [4.69, 9.17) is 27.9 Å². The van der Waals surface area contributed by atoms with Crippen LogP contribution in [0.5, 0.6) is 5.75 Å². The number of rotatable bonds is 5.